The number of hydrogen-bond acceptors (Lipinski definition) is 3. The Bertz CT molecular complexity index is 425. The number of nitrogens with zero attached hydrogens (tertiary/aromatic N) is 2. The molecule has 1 fully saturated rings. The average molecular weight is 261 g/mol. The monoisotopic (exact) mass is 261 g/mol. The second kappa shape index (κ2) is 6.68. The van der Waals surface area contributed by atoms with Gasteiger partial charge in [0.1, 0.15) is 0 Å². The van der Waals surface area contributed by atoms with Crippen molar-refractivity contribution in [2.24, 2.45) is 0 Å². The molecule has 0 radical (unpaired) electrons. The van der Waals surface area contributed by atoms with Crippen LogP contribution < -0.4 is 5.32 Å². The number of piperazine rings is 1. The molecule has 0 atom stereocenters. The van der Waals surface area contributed by atoms with E-state index in [1.54, 1.807) is 0 Å². The highest BCUT2D eigenvalue weighted by molar-refractivity contribution is 5.78. The van der Waals surface area contributed by atoms with Crippen molar-refractivity contribution in [3.05, 3.63) is 35.4 Å². The third kappa shape index (κ3) is 4.33. The van der Waals surface area contributed by atoms with Crippen molar-refractivity contribution in [2.75, 3.05) is 39.8 Å². The van der Waals surface area contributed by atoms with Crippen LogP contribution in [0.3, 0.4) is 0 Å². The van der Waals surface area contributed by atoms with Gasteiger partial charge in [0.05, 0.1) is 6.54 Å². The zero-order valence-corrected chi connectivity index (χ0v) is 11.9. The molecule has 1 amide bonds. The lowest BCUT2D eigenvalue weighted by Crippen LogP contribution is -2.48. The van der Waals surface area contributed by atoms with Crippen molar-refractivity contribution in [1.82, 2.24) is 15.1 Å². The van der Waals surface area contributed by atoms with E-state index in [0.717, 1.165) is 26.2 Å². The van der Waals surface area contributed by atoms with Gasteiger partial charge >= 0.3 is 0 Å². The normalized spacial score (nSPS) is 17.4. The van der Waals surface area contributed by atoms with Gasteiger partial charge in [-0.15, -0.1) is 0 Å². The van der Waals surface area contributed by atoms with Gasteiger partial charge in [-0.2, -0.15) is 0 Å². The van der Waals surface area contributed by atoms with Gasteiger partial charge in [-0.05, 0) is 25.1 Å². The van der Waals surface area contributed by atoms with E-state index in [4.69, 9.17) is 0 Å². The third-order valence-corrected chi connectivity index (χ3v) is 3.70. The van der Waals surface area contributed by atoms with E-state index in [2.05, 4.69) is 41.2 Å². The minimum Gasteiger partial charge on any atom is -0.351 e. The van der Waals surface area contributed by atoms with Crippen LogP contribution in [-0.4, -0.2) is 55.5 Å². The zero-order valence-electron chi connectivity index (χ0n) is 11.9. The lowest BCUT2D eigenvalue weighted by molar-refractivity contribution is -0.122. The summed E-state index contributed by atoms with van der Waals surface area (Å²) in [6, 6.07) is 8.16. The first kappa shape index (κ1) is 14.0. The number of carbonyl (C=O) groups is 1. The second-order valence-corrected chi connectivity index (χ2v) is 5.28. The molecule has 0 aliphatic carbocycles. The van der Waals surface area contributed by atoms with Crippen molar-refractivity contribution < 1.29 is 4.79 Å². The third-order valence-electron chi connectivity index (χ3n) is 3.70. The van der Waals surface area contributed by atoms with Crippen LogP contribution in [0, 0.1) is 6.92 Å². The van der Waals surface area contributed by atoms with E-state index in [-0.39, 0.29) is 5.91 Å². The Morgan fingerprint density at radius 3 is 2.58 bits per heavy atom. The number of carbonyl (C=O) groups excluding carboxylic acids is 1. The molecule has 1 heterocycles. The van der Waals surface area contributed by atoms with Crippen molar-refractivity contribution in [3.63, 3.8) is 0 Å². The number of aryl methyl sites for hydroxylation is 1. The molecule has 0 saturated carbocycles. The predicted molar refractivity (Wildman–Crippen MR) is 77.0 cm³/mol. The van der Waals surface area contributed by atoms with Crippen molar-refractivity contribution in [3.8, 4) is 0 Å². The van der Waals surface area contributed by atoms with Gasteiger partial charge in [0.25, 0.3) is 0 Å². The van der Waals surface area contributed by atoms with E-state index in [1.807, 2.05) is 12.1 Å². The highest BCUT2D eigenvalue weighted by atomic mass is 16.2. The quantitative estimate of drug-likeness (QED) is 0.873. The molecule has 1 aromatic carbocycles. The molecule has 104 valence electrons. The van der Waals surface area contributed by atoms with Gasteiger partial charge in [0.15, 0.2) is 0 Å². The minimum atomic E-state index is 0.118. The van der Waals surface area contributed by atoms with Gasteiger partial charge in [-0.25, -0.2) is 0 Å². The Labute approximate surface area is 115 Å². The minimum absolute atomic E-state index is 0.118. The molecule has 1 N–H and O–H groups in total. The van der Waals surface area contributed by atoms with E-state index in [9.17, 15) is 4.79 Å². The SMILES string of the molecule is Cc1ccccc1CNC(=O)CN1CCN(C)CC1. The first-order chi connectivity index (χ1) is 9.15. The van der Waals surface area contributed by atoms with Crippen LogP contribution in [0.4, 0.5) is 0 Å². The van der Waals surface area contributed by atoms with Crippen molar-refractivity contribution in [2.45, 2.75) is 13.5 Å². The average Bonchev–Trinajstić information content (AvgIpc) is 2.40. The van der Waals surface area contributed by atoms with Crippen LogP contribution in [0.1, 0.15) is 11.1 Å². The summed E-state index contributed by atoms with van der Waals surface area (Å²) in [5.41, 5.74) is 2.41. The van der Waals surface area contributed by atoms with Crippen LogP contribution in [0.2, 0.25) is 0 Å². The summed E-state index contributed by atoms with van der Waals surface area (Å²) in [6.07, 6.45) is 0. The molecule has 4 nitrogen and oxygen atoms in total. The summed E-state index contributed by atoms with van der Waals surface area (Å²) in [7, 11) is 2.12. The molecule has 4 heteroatoms. The summed E-state index contributed by atoms with van der Waals surface area (Å²) in [4.78, 5) is 16.4. The Morgan fingerprint density at radius 1 is 1.21 bits per heavy atom. The highest BCUT2D eigenvalue weighted by Crippen LogP contribution is 2.06. The van der Waals surface area contributed by atoms with Gasteiger partial charge in [-0.1, -0.05) is 24.3 Å². The van der Waals surface area contributed by atoms with Crippen LogP contribution in [0.5, 0.6) is 0 Å². The van der Waals surface area contributed by atoms with Crippen molar-refractivity contribution >= 4 is 5.91 Å². The zero-order chi connectivity index (χ0) is 13.7. The topological polar surface area (TPSA) is 35.6 Å². The molecule has 0 unspecified atom stereocenters. The Balaban J connectivity index is 1.74. The molecule has 0 aromatic heterocycles. The van der Waals surface area contributed by atoms with Gasteiger partial charge in [0, 0.05) is 32.7 Å². The van der Waals surface area contributed by atoms with E-state index < -0.39 is 0 Å². The Hall–Kier alpha value is -1.39. The highest BCUT2D eigenvalue weighted by Gasteiger charge is 2.16. The number of amides is 1. The fourth-order valence-corrected chi connectivity index (χ4v) is 2.27. The van der Waals surface area contributed by atoms with Crippen LogP contribution in [0.25, 0.3) is 0 Å². The van der Waals surface area contributed by atoms with Gasteiger partial charge < -0.3 is 10.2 Å². The summed E-state index contributed by atoms with van der Waals surface area (Å²) in [5.74, 6) is 0.118. The van der Waals surface area contributed by atoms with Crippen LogP contribution >= 0.6 is 0 Å². The van der Waals surface area contributed by atoms with Crippen LogP contribution in [0.15, 0.2) is 24.3 Å². The maximum absolute atomic E-state index is 11.9. The standard InChI is InChI=1S/C15H23N3O/c1-13-5-3-4-6-14(13)11-16-15(19)12-18-9-7-17(2)8-10-18/h3-6H,7-12H2,1-2H3,(H,16,19). The summed E-state index contributed by atoms with van der Waals surface area (Å²) >= 11 is 0. The predicted octanol–water partition coefficient (Wildman–Crippen LogP) is 0.859. The molecule has 1 saturated heterocycles. The van der Waals surface area contributed by atoms with E-state index >= 15 is 0 Å². The maximum Gasteiger partial charge on any atom is 0.234 e. The Kier molecular flexibility index (Phi) is 4.93. The molecule has 1 aromatic rings. The fourth-order valence-electron chi connectivity index (χ4n) is 2.27. The molecule has 0 bridgehead atoms. The lowest BCUT2D eigenvalue weighted by Gasteiger charge is -2.31. The number of benzene rings is 1. The fraction of sp³-hybridized carbons (Fsp3) is 0.533. The van der Waals surface area contributed by atoms with E-state index in [1.165, 1.54) is 11.1 Å². The molecule has 1 aliphatic rings. The summed E-state index contributed by atoms with van der Waals surface area (Å²) in [6.45, 7) is 7.26. The van der Waals surface area contributed by atoms with Crippen molar-refractivity contribution in [1.29, 1.82) is 0 Å². The van der Waals surface area contributed by atoms with Crippen LogP contribution in [-0.2, 0) is 11.3 Å². The summed E-state index contributed by atoms with van der Waals surface area (Å²) < 4.78 is 0. The first-order valence-electron chi connectivity index (χ1n) is 6.87. The largest absolute Gasteiger partial charge is 0.351 e. The van der Waals surface area contributed by atoms with E-state index in [0.29, 0.717) is 13.1 Å². The molecular formula is C15H23N3O. The number of hydrogen-bond donors (Lipinski definition) is 1. The van der Waals surface area contributed by atoms with Gasteiger partial charge in [0.2, 0.25) is 5.91 Å². The number of nitrogens with one attached hydrogen (secondary N) is 1. The molecule has 2 rings (SSSR count). The number of likely N-dealkylation sites (N-methyl/N-ethyl adjacent to an activating group) is 1. The first-order valence-corrected chi connectivity index (χ1v) is 6.87. The molecule has 0 spiro atoms. The van der Waals surface area contributed by atoms with Gasteiger partial charge in [-0.3, -0.25) is 9.69 Å². The molecule has 1 aliphatic heterocycles. The lowest BCUT2D eigenvalue weighted by atomic mass is 10.1. The Morgan fingerprint density at radius 2 is 1.89 bits per heavy atom. The smallest absolute Gasteiger partial charge is 0.234 e. The maximum atomic E-state index is 11.9. The summed E-state index contributed by atoms with van der Waals surface area (Å²) in [5, 5.41) is 3.00. The second-order valence-electron chi connectivity index (χ2n) is 5.28. The molecule has 19 heavy (non-hydrogen) atoms. The number of rotatable bonds is 4. The molecular weight excluding hydrogens is 238 g/mol.